The van der Waals surface area contributed by atoms with Crippen molar-refractivity contribution in [2.75, 3.05) is 16.8 Å². The fourth-order valence-corrected chi connectivity index (χ4v) is 4.02. The predicted molar refractivity (Wildman–Crippen MR) is 130 cm³/mol. The van der Waals surface area contributed by atoms with Gasteiger partial charge in [-0.25, -0.2) is 4.39 Å². The fourth-order valence-electron chi connectivity index (χ4n) is 3.85. The van der Waals surface area contributed by atoms with Crippen LogP contribution in [0.15, 0.2) is 65.7 Å². The average molecular weight is 464 g/mol. The molecule has 7 heteroatoms. The smallest absolute Gasteiger partial charge is 0.252 e. The number of benzene rings is 3. The standard InChI is InChI=1S/C26H23ClFN3O2/c1-15-7-6-10-22(16(15)2)30-24(32)14-31-23-12-11-18(27)13-20(23)25(29-17(3)26(31)33)19-8-4-5-9-21(19)28/h4-13,17H,14H2,1-3H3,(H,30,32). The number of carbonyl (C=O) groups is 2. The zero-order valence-electron chi connectivity index (χ0n) is 18.5. The van der Waals surface area contributed by atoms with Crippen molar-refractivity contribution in [3.8, 4) is 0 Å². The quantitative estimate of drug-likeness (QED) is 0.570. The van der Waals surface area contributed by atoms with Gasteiger partial charge >= 0.3 is 0 Å². The lowest BCUT2D eigenvalue weighted by molar-refractivity contribution is -0.122. The summed E-state index contributed by atoms with van der Waals surface area (Å²) >= 11 is 6.26. The third kappa shape index (κ3) is 4.52. The molecule has 0 bridgehead atoms. The molecule has 3 aromatic carbocycles. The minimum atomic E-state index is -0.820. The summed E-state index contributed by atoms with van der Waals surface area (Å²) in [5, 5.41) is 3.31. The van der Waals surface area contributed by atoms with Crippen molar-refractivity contribution < 1.29 is 14.0 Å². The van der Waals surface area contributed by atoms with Crippen LogP contribution in [-0.4, -0.2) is 30.1 Å². The number of carbonyl (C=O) groups excluding carboxylic acids is 2. The van der Waals surface area contributed by atoms with Crippen LogP contribution in [0.3, 0.4) is 0 Å². The summed E-state index contributed by atoms with van der Waals surface area (Å²) in [7, 11) is 0. The molecule has 1 N–H and O–H groups in total. The van der Waals surface area contributed by atoms with Gasteiger partial charge in [0.2, 0.25) is 5.91 Å². The molecule has 0 fully saturated rings. The summed E-state index contributed by atoms with van der Waals surface area (Å²) in [4.78, 5) is 32.2. The van der Waals surface area contributed by atoms with E-state index in [1.165, 1.54) is 11.0 Å². The molecule has 1 heterocycles. The normalized spacial score (nSPS) is 15.5. The summed E-state index contributed by atoms with van der Waals surface area (Å²) in [6.45, 7) is 5.31. The number of rotatable bonds is 4. The zero-order chi connectivity index (χ0) is 23.7. The van der Waals surface area contributed by atoms with Crippen molar-refractivity contribution >= 4 is 40.5 Å². The Labute approximate surface area is 196 Å². The summed E-state index contributed by atoms with van der Waals surface area (Å²) in [6.07, 6.45) is 0. The lowest BCUT2D eigenvalue weighted by atomic mass is 9.99. The third-order valence-corrected chi connectivity index (χ3v) is 6.00. The second-order valence-electron chi connectivity index (χ2n) is 8.02. The summed E-state index contributed by atoms with van der Waals surface area (Å²) in [6, 6.07) is 16.0. The van der Waals surface area contributed by atoms with E-state index in [-0.39, 0.29) is 23.9 Å². The van der Waals surface area contributed by atoms with Gasteiger partial charge in [0.1, 0.15) is 18.4 Å². The van der Waals surface area contributed by atoms with Crippen LogP contribution < -0.4 is 10.2 Å². The Hall–Kier alpha value is -3.51. The number of amides is 2. The van der Waals surface area contributed by atoms with E-state index in [0.29, 0.717) is 27.7 Å². The van der Waals surface area contributed by atoms with Gasteiger partial charge in [-0.2, -0.15) is 0 Å². The van der Waals surface area contributed by atoms with Crippen LogP contribution in [0.25, 0.3) is 0 Å². The minimum absolute atomic E-state index is 0.217. The first-order valence-electron chi connectivity index (χ1n) is 10.6. The second kappa shape index (κ2) is 9.16. The van der Waals surface area contributed by atoms with Gasteiger partial charge in [-0.3, -0.25) is 14.6 Å². The maximum Gasteiger partial charge on any atom is 0.252 e. The molecule has 0 aliphatic carbocycles. The number of anilines is 2. The lowest BCUT2D eigenvalue weighted by Crippen LogP contribution is -2.42. The Morgan fingerprint density at radius 2 is 1.85 bits per heavy atom. The Bertz CT molecular complexity index is 1290. The Kier molecular flexibility index (Phi) is 6.29. The molecule has 1 atom stereocenters. The van der Waals surface area contributed by atoms with Gasteiger partial charge in [-0.15, -0.1) is 0 Å². The lowest BCUT2D eigenvalue weighted by Gasteiger charge is -2.24. The van der Waals surface area contributed by atoms with Crippen LogP contribution in [0.1, 0.15) is 29.2 Å². The van der Waals surface area contributed by atoms with E-state index in [9.17, 15) is 14.0 Å². The molecule has 0 saturated carbocycles. The van der Waals surface area contributed by atoms with Gasteiger partial charge in [0.25, 0.3) is 5.91 Å². The van der Waals surface area contributed by atoms with Gasteiger partial charge in [0.05, 0.1) is 11.4 Å². The Morgan fingerprint density at radius 1 is 1.09 bits per heavy atom. The topological polar surface area (TPSA) is 61.8 Å². The van der Waals surface area contributed by atoms with Gasteiger partial charge in [-0.05, 0) is 68.3 Å². The first-order chi connectivity index (χ1) is 15.8. The first-order valence-corrected chi connectivity index (χ1v) is 10.9. The van der Waals surface area contributed by atoms with E-state index in [1.807, 2.05) is 32.0 Å². The van der Waals surface area contributed by atoms with Crippen molar-refractivity contribution in [1.82, 2.24) is 0 Å². The number of halogens is 2. The largest absolute Gasteiger partial charge is 0.324 e. The second-order valence-corrected chi connectivity index (χ2v) is 8.45. The highest BCUT2D eigenvalue weighted by Crippen LogP contribution is 2.31. The predicted octanol–water partition coefficient (Wildman–Crippen LogP) is 5.31. The van der Waals surface area contributed by atoms with E-state index in [2.05, 4.69) is 10.3 Å². The molecule has 0 saturated heterocycles. The van der Waals surface area contributed by atoms with Crippen LogP contribution in [-0.2, 0) is 9.59 Å². The van der Waals surface area contributed by atoms with Gasteiger partial charge in [0.15, 0.2) is 0 Å². The maximum absolute atomic E-state index is 14.7. The molecular weight excluding hydrogens is 441 g/mol. The van der Waals surface area contributed by atoms with Gasteiger partial charge < -0.3 is 10.2 Å². The van der Waals surface area contributed by atoms with E-state index < -0.39 is 11.9 Å². The molecule has 33 heavy (non-hydrogen) atoms. The van der Waals surface area contributed by atoms with Crippen molar-refractivity contribution in [2.45, 2.75) is 26.8 Å². The van der Waals surface area contributed by atoms with Crippen LogP contribution >= 0.6 is 11.6 Å². The van der Waals surface area contributed by atoms with Gasteiger partial charge in [-0.1, -0.05) is 35.9 Å². The number of nitrogens with one attached hydrogen (secondary N) is 1. The minimum Gasteiger partial charge on any atom is -0.324 e. The van der Waals surface area contributed by atoms with Crippen molar-refractivity contribution in [3.63, 3.8) is 0 Å². The number of hydrogen-bond acceptors (Lipinski definition) is 3. The molecule has 2 amide bonds. The van der Waals surface area contributed by atoms with Crippen molar-refractivity contribution in [2.24, 2.45) is 4.99 Å². The number of aliphatic imine (C=N–C) groups is 1. The number of fused-ring (bicyclic) bond motifs is 1. The molecule has 168 valence electrons. The molecule has 1 unspecified atom stereocenters. The van der Waals surface area contributed by atoms with E-state index in [1.54, 1.807) is 43.3 Å². The third-order valence-electron chi connectivity index (χ3n) is 5.76. The number of nitrogens with zero attached hydrogens (tertiary/aromatic N) is 2. The summed E-state index contributed by atoms with van der Waals surface area (Å²) in [5.41, 5.74) is 4.23. The van der Waals surface area contributed by atoms with E-state index >= 15 is 0 Å². The average Bonchev–Trinajstić information content (AvgIpc) is 2.87. The molecule has 1 aliphatic heterocycles. The molecule has 3 aromatic rings. The first kappa shape index (κ1) is 22.7. The summed E-state index contributed by atoms with van der Waals surface area (Å²) < 4.78 is 14.7. The molecule has 4 rings (SSSR count). The summed E-state index contributed by atoms with van der Waals surface area (Å²) in [5.74, 6) is -1.16. The Morgan fingerprint density at radius 3 is 2.61 bits per heavy atom. The number of aryl methyl sites for hydroxylation is 1. The highest BCUT2D eigenvalue weighted by Gasteiger charge is 2.32. The molecule has 0 aromatic heterocycles. The van der Waals surface area contributed by atoms with Crippen LogP contribution in [0.5, 0.6) is 0 Å². The highest BCUT2D eigenvalue weighted by molar-refractivity contribution is 6.32. The number of benzodiazepines with no additional fused rings is 1. The van der Waals surface area contributed by atoms with Gasteiger partial charge in [0, 0.05) is 21.8 Å². The molecule has 1 aliphatic rings. The monoisotopic (exact) mass is 463 g/mol. The zero-order valence-corrected chi connectivity index (χ0v) is 19.3. The molecule has 5 nitrogen and oxygen atoms in total. The SMILES string of the molecule is Cc1cccc(NC(=O)CN2C(=O)C(C)N=C(c3ccccc3F)c3cc(Cl)ccc32)c1C. The highest BCUT2D eigenvalue weighted by atomic mass is 35.5. The number of hydrogen-bond donors (Lipinski definition) is 1. The maximum atomic E-state index is 14.7. The Balaban J connectivity index is 1.74. The van der Waals surface area contributed by atoms with Crippen LogP contribution in [0.2, 0.25) is 5.02 Å². The van der Waals surface area contributed by atoms with Crippen molar-refractivity contribution in [1.29, 1.82) is 0 Å². The van der Waals surface area contributed by atoms with Crippen LogP contribution in [0.4, 0.5) is 15.8 Å². The van der Waals surface area contributed by atoms with Crippen LogP contribution in [0, 0.1) is 19.7 Å². The fraction of sp³-hybridized carbons (Fsp3) is 0.192. The van der Waals surface area contributed by atoms with Crippen molar-refractivity contribution in [3.05, 3.63) is 93.8 Å². The molecular formula is C26H23ClFN3O2. The molecule has 0 spiro atoms. The van der Waals surface area contributed by atoms with E-state index in [4.69, 9.17) is 11.6 Å². The molecule has 0 radical (unpaired) electrons. The van der Waals surface area contributed by atoms with E-state index in [0.717, 1.165) is 11.1 Å².